The van der Waals surface area contributed by atoms with Crippen molar-refractivity contribution in [2.75, 3.05) is 13.1 Å². The van der Waals surface area contributed by atoms with Gasteiger partial charge < -0.3 is 4.90 Å². The van der Waals surface area contributed by atoms with Crippen molar-refractivity contribution in [3.8, 4) is 0 Å². The number of carbonyl (C=O) groups is 1. The summed E-state index contributed by atoms with van der Waals surface area (Å²) in [6, 6.07) is 7.95. The molecule has 0 aromatic heterocycles. The number of alkyl halides is 1. The highest BCUT2D eigenvalue weighted by atomic mass is 79.9. The molecule has 2 nitrogen and oxygen atoms in total. The van der Waals surface area contributed by atoms with E-state index in [1.165, 1.54) is 6.42 Å². The van der Waals surface area contributed by atoms with Gasteiger partial charge in [0.25, 0.3) is 0 Å². The molecule has 1 aliphatic heterocycles. The zero-order valence-corrected chi connectivity index (χ0v) is 12.7. The van der Waals surface area contributed by atoms with Crippen LogP contribution < -0.4 is 0 Å². The number of carbonyl (C=O) groups excluding carboxylic acids is 1. The fourth-order valence-electron chi connectivity index (χ4n) is 2.09. The third-order valence-electron chi connectivity index (χ3n) is 2.96. The second-order valence-corrected chi connectivity index (χ2v) is 6.60. The first kappa shape index (κ1) is 13.1. The van der Waals surface area contributed by atoms with Gasteiger partial charge in [-0.05, 0) is 30.5 Å². The molecule has 1 aromatic rings. The second-order valence-electron chi connectivity index (χ2n) is 4.39. The normalized spacial score (nSPS) is 20.4. The molecule has 4 heteroatoms. The van der Waals surface area contributed by atoms with Gasteiger partial charge in [0.2, 0.25) is 5.91 Å². The van der Waals surface area contributed by atoms with Crippen LogP contribution in [0.5, 0.6) is 0 Å². The SMILES string of the molecule is O=C(Cc1cccc(Br)c1)N1CCCC(Br)C1. The van der Waals surface area contributed by atoms with Crippen LogP contribution in [-0.2, 0) is 11.2 Å². The lowest BCUT2D eigenvalue weighted by atomic mass is 10.1. The highest BCUT2D eigenvalue weighted by molar-refractivity contribution is 9.10. The van der Waals surface area contributed by atoms with Crippen LogP contribution in [0.15, 0.2) is 28.7 Å². The van der Waals surface area contributed by atoms with E-state index in [1.54, 1.807) is 0 Å². The average molecular weight is 361 g/mol. The summed E-state index contributed by atoms with van der Waals surface area (Å²) >= 11 is 7.02. The summed E-state index contributed by atoms with van der Waals surface area (Å²) in [5.74, 6) is 0.229. The third kappa shape index (κ3) is 3.81. The molecule has 0 radical (unpaired) electrons. The van der Waals surface area contributed by atoms with Crippen molar-refractivity contribution in [3.63, 3.8) is 0 Å². The van der Waals surface area contributed by atoms with Gasteiger partial charge in [0.05, 0.1) is 6.42 Å². The van der Waals surface area contributed by atoms with Crippen molar-refractivity contribution in [1.82, 2.24) is 4.90 Å². The predicted molar refractivity (Wildman–Crippen MR) is 76.4 cm³/mol. The average Bonchev–Trinajstić information content (AvgIpc) is 2.29. The Hall–Kier alpha value is -0.350. The molecular formula is C13H15Br2NO. The van der Waals surface area contributed by atoms with Crippen LogP contribution in [0.25, 0.3) is 0 Å². The molecule has 0 spiro atoms. The molecule has 0 saturated carbocycles. The zero-order chi connectivity index (χ0) is 12.3. The number of likely N-dealkylation sites (tertiary alicyclic amines) is 1. The molecule has 1 fully saturated rings. The van der Waals surface area contributed by atoms with Gasteiger partial charge in [-0.15, -0.1) is 0 Å². The van der Waals surface area contributed by atoms with Crippen molar-refractivity contribution in [3.05, 3.63) is 34.3 Å². The van der Waals surface area contributed by atoms with Crippen LogP contribution in [0.1, 0.15) is 18.4 Å². The first-order chi connectivity index (χ1) is 8.15. The van der Waals surface area contributed by atoms with Crippen molar-refractivity contribution in [1.29, 1.82) is 0 Å². The lowest BCUT2D eigenvalue weighted by Gasteiger charge is -2.30. The number of piperidine rings is 1. The van der Waals surface area contributed by atoms with Crippen LogP contribution in [0.4, 0.5) is 0 Å². The molecule has 2 rings (SSSR count). The lowest BCUT2D eigenvalue weighted by molar-refractivity contribution is -0.131. The molecule has 17 heavy (non-hydrogen) atoms. The summed E-state index contributed by atoms with van der Waals surface area (Å²) in [4.78, 5) is 14.5. The summed E-state index contributed by atoms with van der Waals surface area (Å²) in [5.41, 5.74) is 1.07. The molecule has 1 aliphatic rings. The zero-order valence-electron chi connectivity index (χ0n) is 9.53. The van der Waals surface area contributed by atoms with E-state index in [1.807, 2.05) is 29.2 Å². The van der Waals surface area contributed by atoms with Gasteiger partial charge in [-0.3, -0.25) is 4.79 Å². The molecule has 0 aliphatic carbocycles. The molecule has 1 amide bonds. The van der Waals surface area contributed by atoms with E-state index in [0.29, 0.717) is 11.2 Å². The van der Waals surface area contributed by atoms with Crippen LogP contribution in [0.3, 0.4) is 0 Å². The Bertz CT molecular complexity index is 408. The van der Waals surface area contributed by atoms with E-state index in [0.717, 1.165) is 29.5 Å². The van der Waals surface area contributed by atoms with Gasteiger partial charge in [-0.2, -0.15) is 0 Å². The minimum Gasteiger partial charge on any atom is -0.341 e. The molecule has 0 bridgehead atoms. The number of halogens is 2. The number of rotatable bonds is 2. The number of benzene rings is 1. The van der Waals surface area contributed by atoms with Crippen LogP contribution in [0, 0.1) is 0 Å². The van der Waals surface area contributed by atoms with Gasteiger partial charge in [-0.1, -0.05) is 44.0 Å². The third-order valence-corrected chi connectivity index (χ3v) is 4.20. The van der Waals surface area contributed by atoms with Gasteiger partial charge >= 0.3 is 0 Å². The number of nitrogens with zero attached hydrogens (tertiary/aromatic N) is 1. The quantitative estimate of drug-likeness (QED) is 0.740. The summed E-state index contributed by atoms with van der Waals surface area (Å²) in [6.07, 6.45) is 2.76. The molecule has 1 unspecified atom stereocenters. The van der Waals surface area contributed by atoms with Gasteiger partial charge in [-0.25, -0.2) is 0 Å². The molecule has 1 aromatic carbocycles. The van der Waals surface area contributed by atoms with Crippen LogP contribution >= 0.6 is 31.9 Å². The van der Waals surface area contributed by atoms with Crippen molar-refractivity contribution >= 4 is 37.8 Å². The molecule has 1 heterocycles. The lowest BCUT2D eigenvalue weighted by Crippen LogP contribution is -2.41. The van der Waals surface area contributed by atoms with E-state index < -0.39 is 0 Å². The Morgan fingerprint density at radius 2 is 2.29 bits per heavy atom. The minimum absolute atomic E-state index is 0.229. The van der Waals surface area contributed by atoms with Gasteiger partial charge in [0, 0.05) is 22.4 Å². The highest BCUT2D eigenvalue weighted by Gasteiger charge is 2.21. The van der Waals surface area contributed by atoms with E-state index in [4.69, 9.17) is 0 Å². The molecule has 1 saturated heterocycles. The van der Waals surface area contributed by atoms with Gasteiger partial charge in [0.1, 0.15) is 0 Å². The molecule has 92 valence electrons. The smallest absolute Gasteiger partial charge is 0.227 e. The van der Waals surface area contributed by atoms with E-state index in [-0.39, 0.29) is 5.91 Å². The van der Waals surface area contributed by atoms with E-state index in [9.17, 15) is 4.79 Å². The predicted octanol–water partition coefficient (Wildman–Crippen LogP) is 3.38. The molecule has 0 N–H and O–H groups in total. The summed E-state index contributed by atoms with van der Waals surface area (Å²) in [5, 5.41) is 0. The number of hydrogen-bond donors (Lipinski definition) is 0. The topological polar surface area (TPSA) is 20.3 Å². The summed E-state index contributed by atoms with van der Waals surface area (Å²) in [6.45, 7) is 1.74. The first-order valence-corrected chi connectivity index (χ1v) is 7.52. The van der Waals surface area contributed by atoms with Crippen molar-refractivity contribution < 1.29 is 4.79 Å². The minimum atomic E-state index is 0.229. The maximum absolute atomic E-state index is 12.1. The highest BCUT2D eigenvalue weighted by Crippen LogP contribution is 2.18. The standard InChI is InChI=1S/C13H15Br2NO/c14-11-4-1-3-10(7-11)8-13(17)16-6-2-5-12(15)9-16/h1,3-4,7,12H,2,5-6,8-9H2. The molecular weight excluding hydrogens is 346 g/mol. The van der Waals surface area contributed by atoms with Crippen molar-refractivity contribution in [2.45, 2.75) is 24.1 Å². The maximum Gasteiger partial charge on any atom is 0.227 e. The van der Waals surface area contributed by atoms with E-state index in [2.05, 4.69) is 31.9 Å². The monoisotopic (exact) mass is 359 g/mol. The summed E-state index contributed by atoms with van der Waals surface area (Å²) < 4.78 is 1.03. The van der Waals surface area contributed by atoms with Gasteiger partial charge in [0.15, 0.2) is 0 Å². The Morgan fingerprint density at radius 3 is 3.00 bits per heavy atom. The Balaban J connectivity index is 1.96. The number of amides is 1. The maximum atomic E-state index is 12.1. The van der Waals surface area contributed by atoms with E-state index >= 15 is 0 Å². The Labute approximate surface area is 119 Å². The Kier molecular flexibility index (Phi) is 4.62. The summed E-state index contributed by atoms with van der Waals surface area (Å²) in [7, 11) is 0. The second kappa shape index (κ2) is 6.01. The Morgan fingerprint density at radius 1 is 1.47 bits per heavy atom. The van der Waals surface area contributed by atoms with Crippen molar-refractivity contribution in [2.24, 2.45) is 0 Å². The van der Waals surface area contributed by atoms with Crippen LogP contribution in [-0.4, -0.2) is 28.7 Å². The first-order valence-electron chi connectivity index (χ1n) is 5.81. The van der Waals surface area contributed by atoms with Crippen LogP contribution in [0.2, 0.25) is 0 Å². The fourth-order valence-corrected chi connectivity index (χ4v) is 3.21. The largest absolute Gasteiger partial charge is 0.341 e. The molecule has 1 atom stereocenters. The fraction of sp³-hybridized carbons (Fsp3) is 0.462. The number of hydrogen-bond acceptors (Lipinski definition) is 1.